The molecule has 0 radical (unpaired) electrons. The Morgan fingerprint density at radius 3 is 2.09 bits per heavy atom. The Morgan fingerprint density at radius 1 is 0.864 bits per heavy atom. The Bertz CT molecular complexity index is 940. The smallest absolute Gasteiger partial charge is 0.255 e. The van der Waals surface area contributed by atoms with Gasteiger partial charge >= 0.3 is 0 Å². The second-order valence-corrected chi connectivity index (χ2v) is 6.04. The maximum atomic E-state index is 12.7. The summed E-state index contributed by atoms with van der Waals surface area (Å²) < 4.78 is 1.79. The first-order chi connectivity index (χ1) is 10.8. The molecule has 0 aliphatic carbocycles. The van der Waals surface area contributed by atoms with Crippen molar-refractivity contribution in [2.24, 2.45) is 0 Å². The van der Waals surface area contributed by atoms with Crippen molar-refractivity contribution in [1.29, 1.82) is 0 Å². The molecule has 2 aromatic carbocycles. The van der Waals surface area contributed by atoms with Crippen LogP contribution < -0.4 is 0 Å². The van der Waals surface area contributed by atoms with Gasteiger partial charge in [-0.15, -0.1) is 11.3 Å². The Balaban J connectivity index is 1.91. The largest absolute Gasteiger partial charge is 0.276 e. The van der Waals surface area contributed by atoms with Crippen molar-refractivity contribution in [3.63, 3.8) is 0 Å². The Kier molecular flexibility index (Phi) is 3.13. The van der Waals surface area contributed by atoms with Gasteiger partial charge in [-0.3, -0.25) is 9.36 Å². The van der Waals surface area contributed by atoms with Gasteiger partial charge in [-0.1, -0.05) is 42.5 Å². The number of benzene rings is 2. The van der Waals surface area contributed by atoms with E-state index in [1.807, 2.05) is 60.0 Å². The summed E-state index contributed by atoms with van der Waals surface area (Å²) in [5.41, 5.74) is 1.90. The highest BCUT2D eigenvalue weighted by atomic mass is 32.1. The fraction of sp³-hybridized carbons (Fsp3) is 0. The average Bonchev–Trinajstić information content (AvgIpc) is 3.18. The molecule has 4 rings (SSSR count). The number of nitrogens with zero attached hydrogens (tertiary/aromatic N) is 1. The highest BCUT2D eigenvalue weighted by Crippen LogP contribution is 2.28. The van der Waals surface area contributed by atoms with E-state index in [1.54, 1.807) is 22.0 Å². The minimum Gasteiger partial charge on any atom is -0.276 e. The lowest BCUT2D eigenvalue weighted by atomic mass is 10.2. The first-order valence-corrected chi connectivity index (χ1v) is 7.97. The summed E-state index contributed by atoms with van der Waals surface area (Å²) in [6.45, 7) is 0. The molecule has 0 bridgehead atoms. The number of carbonyl (C=O) groups is 1. The third kappa shape index (κ3) is 2.07. The number of thiophene rings is 1. The van der Waals surface area contributed by atoms with Gasteiger partial charge < -0.3 is 0 Å². The molecule has 0 aliphatic heterocycles. The van der Waals surface area contributed by atoms with Crippen LogP contribution in [0.1, 0.15) is 9.67 Å². The van der Waals surface area contributed by atoms with Gasteiger partial charge in [-0.05, 0) is 29.7 Å². The lowest BCUT2D eigenvalue weighted by Crippen LogP contribution is -2.06. The molecule has 0 saturated carbocycles. The summed E-state index contributed by atoms with van der Waals surface area (Å²) in [5, 5.41) is 4.22. The zero-order valence-electron chi connectivity index (χ0n) is 11.8. The number of para-hydroxylation sites is 2. The van der Waals surface area contributed by atoms with Gasteiger partial charge in [0.1, 0.15) is 0 Å². The highest BCUT2D eigenvalue weighted by Gasteiger charge is 2.13. The maximum Gasteiger partial charge on any atom is 0.255 e. The van der Waals surface area contributed by atoms with E-state index in [-0.39, 0.29) is 5.91 Å². The second-order valence-electron chi connectivity index (χ2n) is 5.06. The molecule has 2 aromatic heterocycles. The number of allylic oxidation sites excluding steroid dienone is 1. The van der Waals surface area contributed by atoms with Crippen LogP contribution in [0.3, 0.4) is 0 Å². The molecule has 2 heterocycles. The summed E-state index contributed by atoms with van der Waals surface area (Å²) in [7, 11) is 0. The van der Waals surface area contributed by atoms with Crippen LogP contribution in [0.5, 0.6) is 0 Å². The predicted molar refractivity (Wildman–Crippen MR) is 93.4 cm³/mol. The molecule has 0 fully saturated rings. The molecule has 0 amide bonds. The normalized spacial score (nSPS) is 11.6. The van der Waals surface area contributed by atoms with E-state index in [4.69, 9.17) is 0 Å². The van der Waals surface area contributed by atoms with Crippen molar-refractivity contribution in [2.75, 3.05) is 0 Å². The minimum atomic E-state index is -0.0224. The number of rotatable bonds is 2. The van der Waals surface area contributed by atoms with E-state index in [2.05, 4.69) is 12.1 Å². The van der Waals surface area contributed by atoms with E-state index in [0.717, 1.165) is 26.7 Å². The number of aromatic nitrogens is 1. The predicted octanol–water partition coefficient (Wildman–Crippen LogP) is 5.21. The fourth-order valence-electron chi connectivity index (χ4n) is 2.77. The summed E-state index contributed by atoms with van der Waals surface area (Å²) in [4.78, 5) is 13.8. The monoisotopic (exact) mass is 303 g/mol. The molecule has 3 heteroatoms. The quantitative estimate of drug-likeness (QED) is 0.466. The van der Waals surface area contributed by atoms with Gasteiger partial charge in [0.05, 0.1) is 11.0 Å². The number of fused-ring (bicyclic) bond motifs is 3. The minimum absolute atomic E-state index is 0.0224. The van der Waals surface area contributed by atoms with Crippen LogP contribution in [0, 0.1) is 0 Å². The molecule has 106 valence electrons. The lowest BCUT2D eigenvalue weighted by molar-refractivity contribution is 0.0979. The molecule has 0 unspecified atom stereocenters. The summed E-state index contributed by atoms with van der Waals surface area (Å²) in [6, 6.07) is 20.0. The number of carbonyl (C=O) groups excluding carboxylic acids is 1. The standard InChI is InChI=1S/C19H13NOS/c21-19(12-11-14-6-5-13-22-14)20-17-9-3-1-7-15(17)16-8-2-4-10-18(16)20/h1-13H. The Morgan fingerprint density at radius 2 is 1.50 bits per heavy atom. The maximum absolute atomic E-state index is 12.7. The Labute approximate surface area is 131 Å². The van der Waals surface area contributed by atoms with Crippen LogP contribution >= 0.6 is 11.3 Å². The highest BCUT2D eigenvalue weighted by molar-refractivity contribution is 7.10. The van der Waals surface area contributed by atoms with Crippen molar-refractivity contribution >= 4 is 45.1 Å². The van der Waals surface area contributed by atoms with Crippen LogP contribution in [-0.2, 0) is 0 Å². The molecule has 0 atom stereocenters. The Hall–Kier alpha value is -2.65. The van der Waals surface area contributed by atoms with Crippen molar-refractivity contribution in [3.8, 4) is 0 Å². The van der Waals surface area contributed by atoms with Gasteiger partial charge in [0.2, 0.25) is 0 Å². The molecule has 0 saturated heterocycles. The van der Waals surface area contributed by atoms with Crippen LogP contribution in [0.25, 0.3) is 27.9 Å². The van der Waals surface area contributed by atoms with E-state index < -0.39 is 0 Å². The lowest BCUT2D eigenvalue weighted by Gasteiger charge is -2.01. The number of hydrogen-bond acceptors (Lipinski definition) is 2. The van der Waals surface area contributed by atoms with Crippen molar-refractivity contribution in [2.45, 2.75) is 0 Å². The molecular formula is C19H13NOS. The van der Waals surface area contributed by atoms with E-state index >= 15 is 0 Å². The van der Waals surface area contributed by atoms with Crippen molar-refractivity contribution in [3.05, 3.63) is 77.0 Å². The SMILES string of the molecule is O=C(C=Cc1cccs1)n1c2ccccc2c2ccccc21. The van der Waals surface area contributed by atoms with Gasteiger partial charge in [0.15, 0.2) is 0 Å². The molecular weight excluding hydrogens is 290 g/mol. The third-order valence-corrected chi connectivity index (χ3v) is 4.57. The van der Waals surface area contributed by atoms with Crippen molar-refractivity contribution in [1.82, 2.24) is 4.57 Å². The van der Waals surface area contributed by atoms with Crippen LogP contribution in [0.4, 0.5) is 0 Å². The zero-order valence-corrected chi connectivity index (χ0v) is 12.6. The topological polar surface area (TPSA) is 22.0 Å². The molecule has 0 N–H and O–H groups in total. The third-order valence-electron chi connectivity index (χ3n) is 3.73. The van der Waals surface area contributed by atoms with E-state index in [1.165, 1.54) is 0 Å². The van der Waals surface area contributed by atoms with Gasteiger partial charge in [-0.2, -0.15) is 0 Å². The molecule has 2 nitrogen and oxygen atoms in total. The first kappa shape index (κ1) is 13.0. The van der Waals surface area contributed by atoms with Crippen LogP contribution in [-0.4, -0.2) is 10.5 Å². The van der Waals surface area contributed by atoms with Gasteiger partial charge in [-0.25, -0.2) is 0 Å². The molecule has 0 spiro atoms. The molecule has 0 aliphatic rings. The molecule has 4 aromatic rings. The second kappa shape index (κ2) is 5.28. The fourth-order valence-corrected chi connectivity index (χ4v) is 3.39. The number of hydrogen-bond donors (Lipinski definition) is 0. The summed E-state index contributed by atoms with van der Waals surface area (Å²) in [6.07, 6.45) is 3.52. The van der Waals surface area contributed by atoms with Crippen LogP contribution in [0.15, 0.2) is 72.1 Å². The van der Waals surface area contributed by atoms with Gasteiger partial charge in [0, 0.05) is 21.7 Å². The van der Waals surface area contributed by atoms with Crippen LogP contribution in [0.2, 0.25) is 0 Å². The first-order valence-electron chi connectivity index (χ1n) is 7.09. The van der Waals surface area contributed by atoms with E-state index in [9.17, 15) is 4.79 Å². The van der Waals surface area contributed by atoms with E-state index in [0.29, 0.717) is 0 Å². The summed E-state index contributed by atoms with van der Waals surface area (Å²) in [5.74, 6) is -0.0224. The molecule has 22 heavy (non-hydrogen) atoms. The zero-order chi connectivity index (χ0) is 14.9. The average molecular weight is 303 g/mol. The van der Waals surface area contributed by atoms with Gasteiger partial charge in [0.25, 0.3) is 5.91 Å². The summed E-state index contributed by atoms with van der Waals surface area (Å²) >= 11 is 1.62. The van der Waals surface area contributed by atoms with Crippen molar-refractivity contribution < 1.29 is 4.79 Å².